The Bertz CT molecular complexity index is 543. The predicted octanol–water partition coefficient (Wildman–Crippen LogP) is 0.454. The molecule has 7 nitrogen and oxygen atoms in total. The molecule has 1 unspecified atom stereocenters. The summed E-state index contributed by atoms with van der Waals surface area (Å²) in [4.78, 5) is 30.1. The van der Waals surface area contributed by atoms with Crippen molar-refractivity contribution in [1.29, 1.82) is 0 Å². The molecule has 0 bridgehead atoms. The zero-order valence-electron chi connectivity index (χ0n) is 13.5. The van der Waals surface area contributed by atoms with Gasteiger partial charge in [-0.3, -0.25) is 9.59 Å². The molecule has 0 spiro atoms. The van der Waals surface area contributed by atoms with Crippen molar-refractivity contribution in [2.45, 2.75) is 38.3 Å². The number of aryl methyl sites for hydroxylation is 1. The smallest absolute Gasteiger partial charge is 0.222 e. The van der Waals surface area contributed by atoms with Gasteiger partial charge in [-0.2, -0.15) is 0 Å². The van der Waals surface area contributed by atoms with Gasteiger partial charge in [-0.15, -0.1) is 0 Å². The predicted molar refractivity (Wildman–Crippen MR) is 80.9 cm³/mol. The number of hydrogen-bond acceptors (Lipinski definition) is 4. The summed E-state index contributed by atoms with van der Waals surface area (Å²) >= 11 is 0. The summed E-state index contributed by atoms with van der Waals surface area (Å²) in [6, 6.07) is 0. The highest BCUT2D eigenvalue weighted by atomic mass is 16.5. The summed E-state index contributed by atoms with van der Waals surface area (Å²) in [6.45, 7) is 2.99. The lowest BCUT2D eigenvalue weighted by Gasteiger charge is -2.37. The maximum Gasteiger partial charge on any atom is 0.222 e. The van der Waals surface area contributed by atoms with Crippen LogP contribution in [-0.2, 0) is 27.9 Å². The van der Waals surface area contributed by atoms with Crippen molar-refractivity contribution in [2.75, 3.05) is 20.3 Å². The second-order valence-corrected chi connectivity index (χ2v) is 5.84. The highest BCUT2D eigenvalue weighted by Gasteiger charge is 2.44. The van der Waals surface area contributed by atoms with Crippen LogP contribution in [0.15, 0.2) is 12.4 Å². The lowest BCUT2D eigenvalue weighted by molar-refractivity contribution is -0.137. The Morgan fingerprint density at radius 2 is 2.27 bits per heavy atom. The van der Waals surface area contributed by atoms with E-state index in [9.17, 15) is 9.59 Å². The summed E-state index contributed by atoms with van der Waals surface area (Å²) in [7, 11) is 3.49. The van der Waals surface area contributed by atoms with Gasteiger partial charge in [0.15, 0.2) is 0 Å². The van der Waals surface area contributed by atoms with Crippen molar-refractivity contribution in [1.82, 2.24) is 19.8 Å². The third kappa shape index (κ3) is 3.47. The molecule has 1 aliphatic heterocycles. The molecule has 0 radical (unpaired) electrons. The minimum absolute atomic E-state index is 0.00792. The van der Waals surface area contributed by atoms with E-state index in [1.807, 2.05) is 17.8 Å². The van der Waals surface area contributed by atoms with Gasteiger partial charge >= 0.3 is 0 Å². The molecule has 7 heteroatoms. The molecular weight excluding hydrogens is 284 g/mol. The van der Waals surface area contributed by atoms with Gasteiger partial charge in [-0.25, -0.2) is 4.98 Å². The number of aromatic nitrogens is 2. The summed E-state index contributed by atoms with van der Waals surface area (Å²) in [5, 5.41) is 2.88. The molecule has 22 heavy (non-hydrogen) atoms. The third-order valence-electron chi connectivity index (χ3n) is 4.24. The van der Waals surface area contributed by atoms with Crippen molar-refractivity contribution >= 4 is 11.8 Å². The van der Waals surface area contributed by atoms with E-state index in [4.69, 9.17) is 4.74 Å². The van der Waals surface area contributed by atoms with E-state index in [1.54, 1.807) is 25.1 Å². The van der Waals surface area contributed by atoms with E-state index < -0.39 is 5.54 Å². The van der Waals surface area contributed by atoms with Gasteiger partial charge in [0.05, 0.1) is 25.1 Å². The van der Waals surface area contributed by atoms with Crippen LogP contribution in [0.25, 0.3) is 0 Å². The average Bonchev–Trinajstić information content (AvgIpc) is 3.04. The molecule has 1 fully saturated rings. The molecule has 1 aliphatic rings. The van der Waals surface area contributed by atoms with Crippen LogP contribution >= 0.6 is 0 Å². The van der Waals surface area contributed by atoms with E-state index in [0.717, 1.165) is 18.7 Å². The quantitative estimate of drug-likeness (QED) is 0.828. The summed E-state index contributed by atoms with van der Waals surface area (Å²) in [5.74, 6) is 0.698. The number of carbonyl (C=O) groups excluding carboxylic acids is 2. The third-order valence-corrected chi connectivity index (χ3v) is 4.24. The Morgan fingerprint density at radius 1 is 1.50 bits per heavy atom. The molecule has 1 aromatic heterocycles. The van der Waals surface area contributed by atoms with Crippen molar-refractivity contribution < 1.29 is 14.3 Å². The monoisotopic (exact) mass is 308 g/mol. The molecule has 2 rings (SSSR count). The first kappa shape index (κ1) is 16.5. The van der Waals surface area contributed by atoms with E-state index in [0.29, 0.717) is 19.7 Å². The second kappa shape index (κ2) is 6.91. The maximum atomic E-state index is 12.3. The molecule has 0 aromatic carbocycles. The number of methoxy groups -OCH3 is 1. The number of likely N-dealkylation sites (tertiary alicyclic amines) is 1. The zero-order valence-corrected chi connectivity index (χ0v) is 13.5. The largest absolute Gasteiger partial charge is 0.382 e. The van der Waals surface area contributed by atoms with Crippen molar-refractivity contribution in [3.8, 4) is 0 Å². The van der Waals surface area contributed by atoms with Gasteiger partial charge in [-0.05, 0) is 12.8 Å². The first-order valence-electron chi connectivity index (χ1n) is 7.48. The Labute approximate surface area is 130 Å². The van der Waals surface area contributed by atoms with E-state index >= 15 is 0 Å². The summed E-state index contributed by atoms with van der Waals surface area (Å²) in [5.41, 5.74) is -0.522. The average molecular weight is 308 g/mol. The van der Waals surface area contributed by atoms with Gasteiger partial charge in [0.25, 0.3) is 0 Å². The van der Waals surface area contributed by atoms with Gasteiger partial charge in [0.2, 0.25) is 11.8 Å². The summed E-state index contributed by atoms with van der Waals surface area (Å²) in [6.07, 6.45) is 5.47. The number of imidazole rings is 1. The number of nitrogens with one attached hydrogen (secondary N) is 1. The fourth-order valence-corrected chi connectivity index (χ4v) is 3.19. The number of nitrogens with zero attached hydrogens (tertiary/aromatic N) is 3. The number of carbonyl (C=O) groups is 2. The molecule has 122 valence electrons. The second-order valence-electron chi connectivity index (χ2n) is 5.84. The van der Waals surface area contributed by atoms with Crippen LogP contribution in [0, 0.1) is 0 Å². The zero-order chi connectivity index (χ0) is 16.2. The topological polar surface area (TPSA) is 76.5 Å². The molecule has 1 N–H and O–H groups in total. The molecule has 1 atom stereocenters. The van der Waals surface area contributed by atoms with Crippen LogP contribution < -0.4 is 5.32 Å². The summed E-state index contributed by atoms with van der Waals surface area (Å²) < 4.78 is 7.15. The van der Waals surface area contributed by atoms with E-state index in [-0.39, 0.29) is 18.2 Å². The Hall–Kier alpha value is -1.89. The highest BCUT2D eigenvalue weighted by molar-refractivity contribution is 5.80. The van der Waals surface area contributed by atoms with Crippen LogP contribution in [0.4, 0.5) is 0 Å². The Morgan fingerprint density at radius 3 is 2.86 bits per heavy atom. The fraction of sp³-hybridized carbons (Fsp3) is 0.667. The minimum Gasteiger partial charge on any atom is -0.382 e. The Kier molecular flexibility index (Phi) is 5.18. The minimum atomic E-state index is -0.522. The van der Waals surface area contributed by atoms with Crippen LogP contribution in [0.3, 0.4) is 0 Å². The normalized spacial score (nSPS) is 21.1. The maximum absolute atomic E-state index is 12.3. The van der Waals surface area contributed by atoms with Crippen LogP contribution in [0.1, 0.15) is 32.0 Å². The van der Waals surface area contributed by atoms with Crippen molar-refractivity contribution in [2.24, 2.45) is 7.05 Å². The first-order valence-corrected chi connectivity index (χ1v) is 7.48. The van der Waals surface area contributed by atoms with E-state index in [2.05, 4.69) is 10.3 Å². The van der Waals surface area contributed by atoms with Gasteiger partial charge in [0, 0.05) is 40.0 Å². The molecule has 2 heterocycles. The standard InChI is InChI=1S/C15H24N4O3/c1-12(20)19-7-4-5-15(19,11-22-3)9-14(21)17-10-13-16-6-8-18(13)2/h6,8H,4-5,7,9-11H2,1-3H3,(H,17,21). The molecule has 1 saturated heterocycles. The number of rotatable bonds is 6. The van der Waals surface area contributed by atoms with Crippen molar-refractivity contribution in [3.63, 3.8) is 0 Å². The molecule has 0 aliphatic carbocycles. The first-order chi connectivity index (χ1) is 10.5. The SMILES string of the molecule is COCC1(CC(=O)NCc2nccn2C)CCCN1C(C)=O. The van der Waals surface area contributed by atoms with Gasteiger partial charge < -0.3 is 19.5 Å². The van der Waals surface area contributed by atoms with Crippen LogP contribution in [0.2, 0.25) is 0 Å². The molecular formula is C15H24N4O3. The molecule has 2 amide bonds. The highest BCUT2D eigenvalue weighted by Crippen LogP contribution is 2.33. The van der Waals surface area contributed by atoms with E-state index in [1.165, 1.54) is 0 Å². The van der Waals surface area contributed by atoms with Gasteiger partial charge in [-0.1, -0.05) is 0 Å². The molecule has 0 saturated carbocycles. The van der Waals surface area contributed by atoms with Crippen LogP contribution in [0.5, 0.6) is 0 Å². The van der Waals surface area contributed by atoms with Crippen LogP contribution in [-0.4, -0.2) is 52.1 Å². The lowest BCUT2D eigenvalue weighted by Crippen LogP contribution is -2.52. The molecule has 1 aromatic rings. The lowest BCUT2D eigenvalue weighted by atomic mass is 9.92. The number of hydrogen-bond donors (Lipinski definition) is 1. The van der Waals surface area contributed by atoms with Gasteiger partial charge in [0.1, 0.15) is 5.82 Å². The number of ether oxygens (including phenoxy) is 1. The fourth-order valence-electron chi connectivity index (χ4n) is 3.19. The number of amides is 2. The Balaban J connectivity index is 2.00. The van der Waals surface area contributed by atoms with Crippen molar-refractivity contribution in [3.05, 3.63) is 18.2 Å².